The summed E-state index contributed by atoms with van der Waals surface area (Å²) in [5.41, 5.74) is 5.28. The zero-order valence-corrected chi connectivity index (χ0v) is 23.2. The maximum Gasteiger partial charge on any atom is 0.253 e. The Bertz CT molecular complexity index is 1580. The van der Waals surface area contributed by atoms with Crippen LogP contribution >= 0.6 is 0 Å². The number of fused-ring (bicyclic) bond motifs is 1. The van der Waals surface area contributed by atoms with Crippen molar-refractivity contribution in [1.82, 2.24) is 35.1 Å². The fraction of sp³-hybridized carbons (Fsp3) is 0.323. The van der Waals surface area contributed by atoms with Crippen LogP contribution in [0.2, 0.25) is 0 Å². The third-order valence-corrected chi connectivity index (χ3v) is 7.65. The van der Waals surface area contributed by atoms with Gasteiger partial charge in [-0.3, -0.25) is 14.7 Å². The number of hydrogen-bond acceptors (Lipinski definition) is 6. The quantitative estimate of drug-likeness (QED) is 0.277. The van der Waals surface area contributed by atoms with Gasteiger partial charge in [0.15, 0.2) is 5.82 Å². The first-order chi connectivity index (χ1) is 18.8. The smallest absolute Gasteiger partial charge is 0.253 e. The first-order valence-electron chi connectivity index (χ1n) is 13.4. The van der Waals surface area contributed by atoms with Crippen LogP contribution in [-0.2, 0) is 18.6 Å². The van der Waals surface area contributed by atoms with E-state index in [0.29, 0.717) is 24.5 Å². The van der Waals surface area contributed by atoms with Crippen molar-refractivity contribution >= 4 is 10.9 Å². The molecule has 0 saturated carbocycles. The molecule has 2 aromatic carbocycles. The second-order valence-corrected chi connectivity index (χ2v) is 10.8. The second kappa shape index (κ2) is 10.9. The average molecular weight is 522 g/mol. The first-order valence-corrected chi connectivity index (χ1v) is 13.4. The molecule has 1 atom stereocenters. The summed E-state index contributed by atoms with van der Waals surface area (Å²) in [4.78, 5) is 23.7. The van der Waals surface area contributed by atoms with E-state index in [1.807, 2.05) is 54.2 Å². The molecular formula is C31H35N7O. The summed E-state index contributed by atoms with van der Waals surface area (Å²) in [7, 11) is 0. The summed E-state index contributed by atoms with van der Waals surface area (Å²) in [6.07, 6.45) is 4.46. The Labute approximate surface area is 228 Å². The van der Waals surface area contributed by atoms with E-state index in [0.717, 1.165) is 39.6 Å². The number of pyridine rings is 2. The lowest BCUT2D eigenvalue weighted by atomic mass is 9.97. The monoisotopic (exact) mass is 521 g/mol. The fourth-order valence-electron chi connectivity index (χ4n) is 5.02. The molecule has 5 aromatic rings. The minimum absolute atomic E-state index is 0.144. The van der Waals surface area contributed by atoms with Gasteiger partial charge in [0.05, 0.1) is 11.1 Å². The molecule has 0 amide bonds. The van der Waals surface area contributed by atoms with Crippen molar-refractivity contribution in [3.8, 4) is 0 Å². The number of H-pyrrole nitrogens is 1. The van der Waals surface area contributed by atoms with Crippen LogP contribution in [0, 0.1) is 13.8 Å². The topological polar surface area (TPSA) is 92.6 Å². The molecule has 0 aliphatic rings. The number of rotatable bonds is 9. The van der Waals surface area contributed by atoms with Gasteiger partial charge in [-0.15, -0.1) is 5.10 Å². The number of nitrogens with one attached hydrogen (secondary N) is 1. The molecule has 5 rings (SSSR count). The first kappa shape index (κ1) is 26.4. The number of benzene rings is 2. The molecular weight excluding hydrogens is 486 g/mol. The van der Waals surface area contributed by atoms with Crippen LogP contribution in [0.5, 0.6) is 0 Å². The third-order valence-electron chi connectivity index (χ3n) is 7.65. The van der Waals surface area contributed by atoms with Gasteiger partial charge in [0.25, 0.3) is 5.56 Å². The lowest BCUT2D eigenvalue weighted by Crippen LogP contribution is -2.38. The van der Waals surface area contributed by atoms with Crippen LogP contribution in [0.3, 0.4) is 0 Å². The number of aromatic nitrogens is 6. The summed E-state index contributed by atoms with van der Waals surface area (Å²) >= 11 is 0. The Kier molecular flexibility index (Phi) is 7.39. The number of nitrogens with zero attached hydrogens (tertiary/aromatic N) is 6. The molecule has 0 spiro atoms. The maximum absolute atomic E-state index is 13.9. The van der Waals surface area contributed by atoms with Crippen molar-refractivity contribution in [3.05, 3.63) is 117 Å². The second-order valence-electron chi connectivity index (χ2n) is 10.8. The molecule has 200 valence electrons. The molecule has 0 aliphatic carbocycles. The van der Waals surface area contributed by atoms with Crippen molar-refractivity contribution < 1.29 is 0 Å². The average Bonchev–Trinajstić information content (AvgIpc) is 3.43. The van der Waals surface area contributed by atoms with Crippen molar-refractivity contribution in [3.63, 3.8) is 0 Å². The third kappa shape index (κ3) is 5.38. The zero-order valence-electron chi connectivity index (χ0n) is 23.2. The predicted octanol–water partition coefficient (Wildman–Crippen LogP) is 5.46. The normalized spacial score (nSPS) is 12.8. The number of hydrogen-bond donors (Lipinski definition) is 1. The Morgan fingerprint density at radius 1 is 0.974 bits per heavy atom. The van der Waals surface area contributed by atoms with Crippen molar-refractivity contribution in [2.45, 2.75) is 65.7 Å². The Hall–Kier alpha value is -4.17. The van der Waals surface area contributed by atoms with E-state index in [2.05, 4.69) is 82.4 Å². The van der Waals surface area contributed by atoms with E-state index < -0.39 is 6.04 Å². The van der Waals surface area contributed by atoms with Gasteiger partial charge in [-0.2, -0.15) is 0 Å². The van der Waals surface area contributed by atoms with Crippen LogP contribution < -0.4 is 5.56 Å². The van der Waals surface area contributed by atoms with Gasteiger partial charge < -0.3 is 4.98 Å². The molecule has 0 saturated heterocycles. The summed E-state index contributed by atoms with van der Waals surface area (Å²) in [5.74, 6) is 0.636. The van der Waals surface area contributed by atoms with E-state index in [4.69, 9.17) is 0 Å². The van der Waals surface area contributed by atoms with Gasteiger partial charge in [-0.1, -0.05) is 55.5 Å². The lowest BCUT2D eigenvalue weighted by molar-refractivity contribution is 0.180. The summed E-state index contributed by atoms with van der Waals surface area (Å²) in [5, 5.41) is 14.1. The number of aromatic amines is 1. The molecule has 0 bridgehead atoms. The van der Waals surface area contributed by atoms with Crippen molar-refractivity contribution in [2.24, 2.45) is 0 Å². The summed E-state index contributed by atoms with van der Waals surface area (Å²) in [6.45, 7) is 11.6. The van der Waals surface area contributed by atoms with Crippen LogP contribution in [0.15, 0.2) is 77.9 Å². The van der Waals surface area contributed by atoms with Gasteiger partial charge in [-0.05, 0) is 78.9 Å². The van der Waals surface area contributed by atoms with E-state index in [1.165, 1.54) is 0 Å². The maximum atomic E-state index is 13.9. The van der Waals surface area contributed by atoms with Crippen LogP contribution in [-0.4, -0.2) is 35.1 Å². The van der Waals surface area contributed by atoms with E-state index in [9.17, 15) is 4.79 Å². The molecule has 3 aromatic heterocycles. The Balaban J connectivity index is 1.77. The molecule has 39 heavy (non-hydrogen) atoms. The predicted molar refractivity (Wildman–Crippen MR) is 153 cm³/mol. The molecule has 8 nitrogen and oxygen atoms in total. The number of aryl methyl sites for hydroxylation is 2. The largest absolute Gasteiger partial charge is 0.321 e. The number of tetrazole rings is 1. The van der Waals surface area contributed by atoms with Crippen LogP contribution in [0.4, 0.5) is 0 Å². The molecule has 0 radical (unpaired) electrons. The highest BCUT2D eigenvalue weighted by Gasteiger charge is 2.34. The SMILES string of the molecule is CCC(C)(C)n1nnnc1[C@@H](c1cc2c(C)ccc(C)c2[nH]c1=O)N(Cc1ccccc1)Cc1cccnc1. The van der Waals surface area contributed by atoms with E-state index in [-0.39, 0.29) is 11.1 Å². The minimum Gasteiger partial charge on any atom is -0.321 e. The fourth-order valence-corrected chi connectivity index (χ4v) is 5.02. The van der Waals surface area contributed by atoms with Crippen LogP contribution in [0.25, 0.3) is 10.9 Å². The van der Waals surface area contributed by atoms with Crippen molar-refractivity contribution in [2.75, 3.05) is 0 Å². The molecule has 3 heterocycles. The van der Waals surface area contributed by atoms with Gasteiger partial charge in [0.2, 0.25) is 0 Å². The summed E-state index contributed by atoms with van der Waals surface area (Å²) < 4.78 is 1.88. The van der Waals surface area contributed by atoms with Gasteiger partial charge in [0.1, 0.15) is 6.04 Å². The highest BCUT2D eigenvalue weighted by atomic mass is 16.1. The molecule has 1 N–H and O–H groups in total. The van der Waals surface area contributed by atoms with Gasteiger partial charge >= 0.3 is 0 Å². The zero-order chi connectivity index (χ0) is 27.6. The summed E-state index contributed by atoms with van der Waals surface area (Å²) in [6, 6.07) is 19.9. The van der Waals surface area contributed by atoms with Gasteiger partial charge in [-0.25, -0.2) is 4.68 Å². The standard InChI is InChI=1S/C31H35N7O/c1-6-31(4,5)38-29(34-35-36-38)28(26-17-25-21(2)14-15-22(3)27(25)33-30(26)39)37(19-23-11-8-7-9-12-23)20-24-13-10-16-32-18-24/h7-18,28H,6,19-20H2,1-5H3,(H,33,39)/t28-/m1/s1. The highest BCUT2D eigenvalue weighted by Crippen LogP contribution is 2.33. The molecule has 0 aliphatic heterocycles. The minimum atomic E-state index is -0.515. The van der Waals surface area contributed by atoms with Crippen LogP contribution in [0.1, 0.15) is 66.9 Å². The lowest BCUT2D eigenvalue weighted by Gasteiger charge is -2.33. The van der Waals surface area contributed by atoms with E-state index in [1.54, 1.807) is 6.20 Å². The molecule has 0 unspecified atom stereocenters. The Morgan fingerprint density at radius 3 is 2.41 bits per heavy atom. The van der Waals surface area contributed by atoms with Gasteiger partial charge in [0, 0.05) is 36.4 Å². The molecule has 0 fully saturated rings. The van der Waals surface area contributed by atoms with E-state index >= 15 is 0 Å². The molecule has 8 heteroatoms. The van der Waals surface area contributed by atoms with Crippen molar-refractivity contribution in [1.29, 1.82) is 0 Å². The Morgan fingerprint density at radius 2 is 1.69 bits per heavy atom. The highest BCUT2D eigenvalue weighted by molar-refractivity contribution is 5.85.